The molecule has 0 aromatic heterocycles. The number of hydrogen-bond donors (Lipinski definition) is 1. The van der Waals surface area contributed by atoms with E-state index in [0.29, 0.717) is 23.8 Å². The molecular weight excluding hydrogens is 302 g/mol. The molecule has 1 aromatic rings. The number of carbonyl (C=O) groups is 2. The van der Waals surface area contributed by atoms with Crippen molar-refractivity contribution < 1.29 is 9.59 Å². The van der Waals surface area contributed by atoms with E-state index in [1.54, 1.807) is 32.3 Å². The second-order valence-corrected chi connectivity index (χ2v) is 6.41. The quantitative estimate of drug-likeness (QED) is 0.755. The van der Waals surface area contributed by atoms with Gasteiger partial charge in [0.05, 0.1) is 6.54 Å². The van der Waals surface area contributed by atoms with Gasteiger partial charge in [-0.25, -0.2) is 0 Å². The Kier molecular flexibility index (Phi) is 8.47. The van der Waals surface area contributed by atoms with Gasteiger partial charge in [-0.3, -0.25) is 14.5 Å². The molecule has 1 N–H and O–H groups in total. The first-order valence-corrected chi connectivity index (χ1v) is 8.74. The average Bonchev–Trinajstić information content (AvgIpc) is 2.57. The van der Waals surface area contributed by atoms with E-state index in [-0.39, 0.29) is 11.8 Å². The van der Waals surface area contributed by atoms with Gasteiger partial charge in [0.2, 0.25) is 5.91 Å². The Morgan fingerprint density at radius 2 is 1.92 bits per heavy atom. The third-order valence-corrected chi connectivity index (χ3v) is 4.16. The summed E-state index contributed by atoms with van der Waals surface area (Å²) in [4.78, 5) is 28.1. The number of rotatable bonds is 9. The average molecular weight is 333 g/mol. The Labute approximate surface area is 146 Å². The minimum absolute atomic E-state index is 0.0409. The molecular formula is C19H31N3O2. The second-order valence-electron chi connectivity index (χ2n) is 6.41. The summed E-state index contributed by atoms with van der Waals surface area (Å²) >= 11 is 0. The Morgan fingerprint density at radius 3 is 2.50 bits per heavy atom. The van der Waals surface area contributed by atoms with Crippen LogP contribution in [0.2, 0.25) is 0 Å². The molecule has 0 aliphatic heterocycles. The molecule has 1 atom stereocenters. The van der Waals surface area contributed by atoms with E-state index in [2.05, 4.69) is 31.0 Å². The van der Waals surface area contributed by atoms with Gasteiger partial charge in [-0.2, -0.15) is 0 Å². The number of benzene rings is 1. The molecule has 0 aliphatic carbocycles. The van der Waals surface area contributed by atoms with Crippen molar-refractivity contribution in [2.75, 3.05) is 32.5 Å². The van der Waals surface area contributed by atoms with Crippen molar-refractivity contribution >= 4 is 17.5 Å². The van der Waals surface area contributed by atoms with Gasteiger partial charge >= 0.3 is 0 Å². The van der Waals surface area contributed by atoms with Crippen molar-refractivity contribution in [3.8, 4) is 0 Å². The van der Waals surface area contributed by atoms with Crippen molar-refractivity contribution in [3.63, 3.8) is 0 Å². The Hall–Kier alpha value is -1.88. The van der Waals surface area contributed by atoms with Crippen LogP contribution in [0.4, 0.5) is 5.69 Å². The number of hydrogen-bond acceptors (Lipinski definition) is 3. The fraction of sp³-hybridized carbons (Fsp3) is 0.579. The fourth-order valence-corrected chi connectivity index (χ4v) is 2.45. The SMILES string of the molecule is CCCCN(CC(=O)Nc1cccc(C(=O)N(C)C)c1)[C@H](C)CC. The predicted molar refractivity (Wildman–Crippen MR) is 99.3 cm³/mol. The molecule has 24 heavy (non-hydrogen) atoms. The van der Waals surface area contributed by atoms with Crippen LogP contribution >= 0.6 is 0 Å². The van der Waals surface area contributed by atoms with Crippen LogP contribution in [0.15, 0.2) is 24.3 Å². The van der Waals surface area contributed by atoms with Gasteiger partial charge in [0.15, 0.2) is 0 Å². The van der Waals surface area contributed by atoms with Gasteiger partial charge < -0.3 is 10.2 Å². The number of anilines is 1. The maximum atomic E-state index is 12.4. The monoisotopic (exact) mass is 333 g/mol. The number of amides is 2. The molecule has 1 aromatic carbocycles. The number of unbranched alkanes of at least 4 members (excludes halogenated alkanes) is 1. The highest BCUT2D eigenvalue weighted by Gasteiger charge is 2.16. The lowest BCUT2D eigenvalue weighted by atomic mass is 10.1. The smallest absolute Gasteiger partial charge is 0.253 e. The summed E-state index contributed by atoms with van der Waals surface area (Å²) in [5.74, 6) is -0.115. The molecule has 2 amide bonds. The minimum atomic E-state index is -0.0738. The van der Waals surface area contributed by atoms with Crippen LogP contribution in [-0.4, -0.2) is 54.8 Å². The van der Waals surface area contributed by atoms with Crippen LogP contribution in [0.5, 0.6) is 0 Å². The first-order valence-electron chi connectivity index (χ1n) is 8.74. The normalized spacial score (nSPS) is 12.1. The van der Waals surface area contributed by atoms with E-state index >= 15 is 0 Å². The lowest BCUT2D eigenvalue weighted by Crippen LogP contribution is -2.39. The molecule has 0 saturated carbocycles. The summed E-state index contributed by atoms with van der Waals surface area (Å²) in [6.45, 7) is 7.75. The van der Waals surface area contributed by atoms with Crippen molar-refractivity contribution in [1.29, 1.82) is 0 Å². The van der Waals surface area contributed by atoms with Crippen LogP contribution in [0.1, 0.15) is 50.4 Å². The van der Waals surface area contributed by atoms with Crippen molar-refractivity contribution in [2.45, 2.75) is 46.1 Å². The third-order valence-electron chi connectivity index (χ3n) is 4.16. The molecule has 5 nitrogen and oxygen atoms in total. The lowest BCUT2D eigenvalue weighted by molar-refractivity contribution is -0.117. The molecule has 0 fully saturated rings. The zero-order valence-electron chi connectivity index (χ0n) is 15.6. The van der Waals surface area contributed by atoms with Gasteiger partial charge in [0.25, 0.3) is 5.91 Å². The van der Waals surface area contributed by atoms with Crippen molar-refractivity contribution in [3.05, 3.63) is 29.8 Å². The molecule has 0 spiro atoms. The van der Waals surface area contributed by atoms with Crippen LogP contribution in [0.3, 0.4) is 0 Å². The first kappa shape index (κ1) is 20.2. The molecule has 1 rings (SSSR count). The van der Waals surface area contributed by atoms with Gasteiger partial charge in [-0.1, -0.05) is 26.3 Å². The molecule has 5 heteroatoms. The first-order chi connectivity index (χ1) is 11.4. The van der Waals surface area contributed by atoms with Crippen LogP contribution < -0.4 is 5.32 Å². The number of nitrogens with zero attached hydrogens (tertiary/aromatic N) is 2. The molecule has 0 radical (unpaired) electrons. The topological polar surface area (TPSA) is 52.7 Å². The largest absolute Gasteiger partial charge is 0.345 e. The summed E-state index contributed by atoms with van der Waals surface area (Å²) in [6.07, 6.45) is 3.22. The molecule has 0 unspecified atom stereocenters. The summed E-state index contributed by atoms with van der Waals surface area (Å²) in [7, 11) is 3.43. The van der Waals surface area contributed by atoms with E-state index in [9.17, 15) is 9.59 Å². The molecule has 0 bridgehead atoms. The minimum Gasteiger partial charge on any atom is -0.345 e. The zero-order chi connectivity index (χ0) is 18.1. The van der Waals surface area contributed by atoms with Gasteiger partial charge in [-0.05, 0) is 44.5 Å². The standard InChI is InChI=1S/C19H31N3O2/c1-6-8-12-22(15(3)7-2)14-18(23)20-17-11-9-10-16(13-17)19(24)21(4)5/h9-11,13,15H,6-8,12,14H2,1-5H3,(H,20,23)/t15-/m1/s1. The van der Waals surface area contributed by atoms with Crippen LogP contribution in [0, 0.1) is 0 Å². The zero-order valence-corrected chi connectivity index (χ0v) is 15.6. The van der Waals surface area contributed by atoms with E-state index in [4.69, 9.17) is 0 Å². The molecule has 0 saturated heterocycles. The second kappa shape index (κ2) is 10.1. The lowest BCUT2D eigenvalue weighted by Gasteiger charge is -2.27. The number of carbonyl (C=O) groups excluding carboxylic acids is 2. The van der Waals surface area contributed by atoms with Crippen molar-refractivity contribution in [1.82, 2.24) is 9.80 Å². The molecule has 0 aliphatic rings. The maximum absolute atomic E-state index is 12.4. The highest BCUT2D eigenvalue weighted by atomic mass is 16.2. The Bertz CT molecular complexity index is 543. The van der Waals surface area contributed by atoms with Crippen LogP contribution in [-0.2, 0) is 4.79 Å². The summed E-state index contributed by atoms with van der Waals surface area (Å²) in [5, 5.41) is 2.91. The van der Waals surface area contributed by atoms with Crippen LogP contribution in [0.25, 0.3) is 0 Å². The Balaban J connectivity index is 2.72. The van der Waals surface area contributed by atoms with E-state index in [1.165, 1.54) is 4.90 Å². The number of nitrogens with one attached hydrogen (secondary N) is 1. The fourth-order valence-electron chi connectivity index (χ4n) is 2.45. The van der Waals surface area contributed by atoms with E-state index in [1.807, 2.05) is 6.07 Å². The van der Waals surface area contributed by atoms with Gasteiger partial charge in [0.1, 0.15) is 0 Å². The predicted octanol–water partition coefficient (Wildman–Crippen LogP) is 3.23. The summed E-state index contributed by atoms with van der Waals surface area (Å²) < 4.78 is 0. The third kappa shape index (κ3) is 6.32. The Morgan fingerprint density at radius 1 is 1.21 bits per heavy atom. The maximum Gasteiger partial charge on any atom is 0.253 e. The van der Waals surface area contributed by atoms with Gasteiger partial charge in [-0.15, -0.1) is 0 Å². The summed E-state index contributed by atoms with van der Waals surface area (Å²) in [6, 6.07) is 7.45. The molecule has 0 heterocycles. The molecule has 134 valence electrons. The van der Waals surface area contributed by atoms with Gasteiger partial charge in [0, 0.05) is 31.4 Å². The van der Waals surface area contributed by atoms with Crippen molar-refractivity contribution in [2.24, 2.45) is 0 Å². The van der Waals surface area contributed by atoms with E-state index < -0.39 is 0 Å². The highest BCUT2D eigenvalue weighted by molar-refractivity contribution is 5.97. The summed E-state index contributed by atoms with van der Waals surface area (Å²) in [5.41, 5.74) is 1.23. The highest BCUT2D eigenvalue weighted by Crippen LogP contribution is 2.13. The van der Waals surface area contributed by atoms with E-state index in [0.717, 1.165) is 25.8 Å².